The van der Waals surface area contributed by atoms with Crippen molar-refractivity contribution in [3.05, 3.63) is 71.8 Å². The lowest BCUT2D eigenvalue weighted by Gasteiger charge is -2.08. The summed E-state index contributed by atoms with van der Waals surface area (Å²) in [5.41, 5.74) is 1.55. The lowest BCUT2D eigenvalue weighted by Crippen LogP contribution is -2.19. The molecule has 2 rings (SSSR count). The molecule has 0 saturated carbocycles. The normalized spacial score (nSPS) is 11.7. The predicted molar refractivity (Wildman–Crippen MR) is 131 cm³/mol. The van der Waals surface area contributed by atoms with Gasteiger partial charge in [0.05, 0.1) is 19.8 Å². The Kier molecular flexibility index (Phi) is 13.7. The predicted octanol–water partition coefficient (Wildman–Crippen LogP) is 4.75. The van der Waals surface area contributed by atoms with Crippen molar-refractivity contribution in [3.63, 3.8) is 0 Å². The first-order chi connectivity index (χ1) is 17.0. The van der Waals surface area contributed by atoms with Gasteiger partial charge in [-0.1, -0.05) is 60.7 Å². The summed E-state index contributed by atoms with van der Waals surface area (Å²) in [5.74, 6) is -2.09. The lowest BCUT2D eigenvalue weighted by atomic mass is 10.0. The molecule has 35 heavy (non-hydrogen) atoms. The average Bonchev–Trinajstić information content (AvgIpc) is 2.89. The summed E-state index contributed by atoms with van der Waals surface area (Å²) >= 11 is 6.10. The summed E-state index contributed by atoms with van der Waals surface area (Å²) in [6.07, 6.45) is 2.33. The van der Waals surface area contributed by atoms with E-state index in [2.05, 4.69) is 0 Å². The summed E-state index contributed by atoms with van der Waals surface area (Å²) in [7, 11) is 0. The molecule has 0 aliphatic carbocycles. The Balaban J connectivity index is 1.43. The van der Waals surface area contributed by atoms with Crippen molar-refractivity contribution < 1.29 is 33.7 Å². The zero-order valence-corrected chi connectivity index (χ0v) is 20.4. The van der Waals surface area contributed by atoms with E-state index >= 15 is 0 Å². The van der Waals surface area contributed by atoms with Crippen molar-refractivity contribution in [2.24, 2.45) is 0 Å². The third kappa shape index (κ3) is 11.5. The number of Topliss-reactive ketones (excluding diaryl/α,β-unsaturated/α-hetero) is 4. The molecule has 0 bridgehead atoms. The Labute approximate surface area is 210 Å². The lowest BCUT2D eigenvalue weighted by molar-refractivity contribution is -0.295. The van der Waals surface area contributed by atoms with Gasteiger partial charge in [0.25, 0.3) is 0 Å². The van der Waals surface area contributed by atoms with Crippen LogP contribution in [0.25, 0.3) is 0 Å². The number of hydrogen-bond donors (Lipinski definition) is 0. The molecule has 8 heteroatoms. The van der Waals surface area contributed by atoms with Gasteiger partial charge in [0.1, 0.15) is 12.0 Å². The molecule has 0 radical (unpaired) electrons. The van der Waals surface area contributed by atoms with Gasteiger partial charge in [0.2, 0.25) is 17.3 Å². The highest BCUT2D eigenvalue weighted by Crippen LogP contribution is 2.22. The molecule has 0 N–H and O–H groups in total. The molecule has 0 heterocycles. The number of carbonyl (C=O) groups is 4. The quantitative estimate of drug-likeness (QED) is 0.0899. The summed E-state index contributed by atoms with van der Waals surface area (Å²) in [4.78, 5) is 57.9. The second kappa shape index (κ2) is 16.8. The fourth-order valence-electron chi connectivity index (χ4n) is 3.10. The third-order valence-electron chi connectivity index (χ3n) is 5.10. The first kappa shape index (κ1) is 28.5. The van der Waals surface area contributed by atoms with Crippen LogP contribution in [0.4, 0.5) is 0 Å². The van der Waals surface area contributed by atoms with Crippen LogP contribution < -0.4 is 0 Å². The fourth-order valence-corrected chi connectivity index (χ4v) is 3.37. The van der Waals surface area contributed by atoms with Gasteiger partial charge in [-0.25, -0.2) is 9.78 Å². The van der Waals surface area contributed by atoms with E-state index in [4.69, 9.17) is 26.1 Å². The summed E-state index contributed by atoms with van der Waals surface area (Å²) in [6, 6.07) is 18.2. The maximum absolute atomic E-state index is 12.1. The molecule has 0 fully saturated rings. The zero-order valence-electron chi connectivity index (χ0n) is 19.7. The van der Waals surface area contributed by atoms with E-state index in [0.29, 0.717) is 31.2 Å². The van der Waals surface area contributed by atoms with Crippen LogP contribution in [0.1, 0.15) is 55.0 Å². The van der Waals surface area contributed by atoms with Crippen LogP contribution in [0.3, 0.4) is 0 Å². The third-order valence-corrected chi connectivity index (χ3v) is 5.55. The standard InChI is InChI=1S/C27H31ClO7/c28-26(22-13-5-2-6-14-22)27(32)24(30)16-8-10-18-35-34-17-9-7-15-23(29)25(31)20-33-19-21-11-3-1-4-12-21/h1-6,11-14,26H,7-10,15-20H2. The molecule has 0 aliphatic heterocycles. The van der Waals surface area contributed by atoms with E-state index in [1.807, 2.05) is 36.4 Å². The largest absolute Gasteiger partial charge is 0.368 e. The average molecular weight is 503 g/mol. The molecule has 0 saturated heterocycles. The Morgan fingerprint density at radius 1 is 0.686 bits per heavy atom. The van der Waals surface area contributed by atoms with E-state index in [9.17, 15) is 19.2 Å². The van der Waals surface area contributed by atoms with Gasteiger partial charge in [-0.2, -0.15) is 0 Å². The van der Waals surface area contributed by atoms with Crippen molar-refractivity contribution in [3.8, 4) is 0 Å². The SMILES string of the molecule is O=C(CCCCOOCCCCC(=O)C(=O)C(Cl)c1ccccc1)C(=O)COCc1ccccc1. The van der Waals surface area contributed by atoms with Crippen molar-refractivity contribution in [2.75, 3.05) is 19.8 Å². The number of benzene rings is 2. The fraction of sp³-hybridized carbons (Fsp3) is 0.407. The highest BCUT2D eigenvalue weighted by molar-refractivity contribution is 6.49. The molecule has 1 atom stereocenters. The second-order valence-corrected chi connectivity index (χ2v) is 8.38. The Bertz CT molecular complexity index is 931. The Morgan fingerprint density at radius 2 is 1.23 bits per heavy atom. The number of halogens is 1. The van der Waals surface area contributed by atoms with Gasteiger partial charge in [-0.3, -0.25) is 19.2 Å². The molecule has 0 aliphatic rings. The van der Waals surface area contributed by atoms with E-state index in [-0.39, 0.29) is 39.3 Å². The highest BCUT2D eigenvalue weighted by Gasteiger charge is 2.23. The Hall–Kier alpha value is -2.71. The number of ketones is 4. The second-order valence-electron chi connectivity index (χ2n) is 7.94. The van der Waals surface area contributed by atoms with E-state index in [1.54, 1.807) is 24.3 Å². The van der Waals surface area contributed by atoms with Gasteiger partial charge in [-0.05, 0) is 36.8 Å². The minimum Gasteiger partial charge on any atom is -0.368 e. The van der Waals surface area contributed by atoms with Gasteiger partial charge < -0.3 is 4.74 Å². The highest BCUT2D eigenvalue weighted by atomic mass is 35.5. The van der Waals surface area contributed by atoms with Crippen molar-refractivity contribution in [1.29, 1.82) is 0 Å². The van der Waals surface area contributed by atoms with Gasteiger partial charge in [0.15, 0.2) is 5.78 Å². The minimum atomic E-state index is -0.965. The van der Waals surface area contributed by atoms with Crippen LogP contribution >= 0.6 is 11.6 Å². The first-order valence-corrected chi connectivity index (χ1v) is 12.1. The van der Waals surface area contributed by atoms with E-state index in [1.165, 1.54) is 0 Å². The molecule has 188 valence electrons. The molecule has 2 aromatic rings. The minimum absolute atomic E-state index is 0.101. The number of ether oxygens (including phenoxy) is 1. The Morgan fingerprint density at radius 3 is 1.83 bits per heavy atom. The van der Waals surface area contributed by atoms with Crippen LogP contribution in [-0.2, 0) is 40.3 Å². The van der Waals surface area contributed by atoms with Crippen molar-refractivity contribution >= 4 is 34.7 Å². The zero-order chi connectivity index (χ0) is 25.3. The number of unbranched alkanes of at least 4 members (excludes halogenated alkanes) is 2. The maximum Gasteiger partial charge on any atom is 0.223 e. The van der Waals surface area contributed by atoms with Crippen LogP contribution in [0.2, 0.25) is 0 Å². The van der Waals surface area contributed by atoms with Gasteiger partial charge in [0, 0.05) is 12.8 Å². The number of carbonyl (C=O) groups excluding carboxylic acids is 4. The van der Waals surface area contributed by atoms with Crippen LogP contribution in [0.15, 0.2) is 60.7 Å². The molecule has 7 nitrogen and oxygen atoms in total. The molecular formula is C27H31ClO7. The van der Waals surface area contributed by atoms with E-state index < -0.39 is 28.5 Å². The van der Waals surface area contributed by atoms with Crippen LogP contribution in [-0.4, -0.2) is 43.0 Å². The molecule has 1 unspecified atom stereocenters. The monoisotopic (exact) mass is 502 g/mol. The number of hydrogen-bond acceptors (Lipinski definition) is 7. The number of alkyl halides is 1. The summed E-state index contributed by atoms with van der Waals surface area (Å²) < 4.78 is 5.29. The van der Waals surface area contributed by atoms with Crippen LogP contribution in [0, 0.1) is 0 Å². The molecular weight excluding hydrogens is 472 g/mol. The van der Waals surface area contributed by atoms with Crippen molar-refractivity contribution in [1.82, 2.24) is 0 Å². The molecule has 2 aromatic carbocycles. The first-order valence-electron chi connectivity index (χ1n) is 11.7. The number of rotatable bonds is 19. The molecule has 0 amide bonds. The van der Waals surface area contributed by atoms with Crippen molar-refractivity contribution in [2.45, 2.75) is 50.5 Å². The summed E-state index contributed by atoms with van der Waals surface area (Å²) in [5, 5.41) is -0.965. The molecule has 0 aromatic heterocycles. The van der Waals surface area contributed by atoms with Gasteiger partial charge in [-0.15, -0.1) is 11.6 Å². The smallest absolute Gasteiger partial charge is 0.223 e. The van der Waals surface area contributed by atoms with Gasteiger partial charge >= 0.3 is 0 Å². The van der Waals surface area contributed by atoms with E-state index in [0.717, 1.165) is 5.56 Å². The van der Waals surface area contributed by atoms with Crippen LogP contribution in [0.5, 0.6) is 0 Å². The summed E-state index contributed by atoms with van der Waals surface area (Å²) in [6.45, 7) is 0.630. The topological polar surface area (TPSA) is 96.0 Å². The maximum atomic E-state index is 12.1. The molecule has 0 spiro atoms.